The van der Waals surface area contributed by atoms with Gasteiger partial charge in [-0.05, 0) is 46.1 Å². The summed E-state index contributed by atoms with van der Waals surface area (Å²) < 4.78 is 0. The van der Waals surface area contributed by atoms with Crippen LogP contribution in [0.3, 0.4) is 0 Å². The molecular formula is C13H21ClN2O. The normalized spacial score (nSPS) is 12.1. The number of hydrogen-bond donors (Lipinski definition) is 2. The maximum absolute atomic E-state index is 9.66. The molecule has 1 aromatic rings. The molecule has 0 fully saturated rings. The molecule has 0 unspecified atom stereocenters. The zero-order chi connectivity index (χ0) is 13.1. The Kier molecular flexibility index (Phi) is 4.80. The van der Waals surface area contributed by atoms with Gasteiger partial charge in [0.15, 0.2) is 0 Å². The summed E-state index contributed by atoms with van der Waals surface area (Å²) in [6.45, 7) is 5.78. The third-order valence-electron chi connectivity index (χ3n) is 3.13. The molecule has 3 nitrogen and oxygen atoms in total. The van der Waals surface area contributed by atoms with Crippen LogP contribution in [-0.4, -0.2) is 36.2 Å². The van der Waals surface area contributed by atoms with Crippen LogP contribution in [-0.2, 0) is 6.54 Å². The SMILES string of the molecule is CN(C)C(C)(C)CNCc1cc(Cl)ccc1O. The Morgan fingerprint density at radius 2 is 2.00 bits per heavy atom. The quantitative estimate of drug-likeness (QED) is 0.850. The Balaban J connectivity index is 2.54. The van der Waals surface area contributed by atoms with E-state index in [9.17, 15) is 5.11 Å². The zero-order valence-electron chi connectivity index (χ0n) is 10.9. The van der Waals surface area contributed by atoms with Crippen LogP contribution in [0.25, 0.3) is 0 Å². The van der Waals surface area contributed by atoms with Crippen molar-refractivity contribution in [2.75, 3.05) is 20.6 Å². The van der Waals surface area contributed by atoms with E-state index in [4.69, 9.17) is 11.6 Å². The highest BCUT2D eigenvalue weighted by Gasteiger charge is 2.19. The summed E-state index contributed by atoms with van der Waals surface area (Å²) in [6.07, 6.45) is 0. The van der Waals surface area contributed by atoms with Gasteiger partial charge >= 0.3 is 0 Å². The standard InChI is InChI=1S/C13H21ClN2O/c1-13(2,16(3)4)9-15-8-10-7-11(14)5-6-12(10)17/h5-7,15,17H,8-9H2,1-4H3. The van der Waals surface area contributed by atoms with Crippen molar-refractivity contribution in [2.24, 2.45) is 0 Å². The van der Waals surface area contributed by atoms with Crippen molar-refractivity contribution in [2.45, 2.75) is 25.9 Å². The van der Waals surface area contributed by atoms with Crippen molar-refractivity contribution in [3.8, 4) is 5.75 Å². The van der Waals surface area contributed by atoms with Gasteiger partial charge in [-0.3, -0.25) is 0 Å². The smallest absolute Gasteiger partial charge is 0.120 e. The fourth-order valence-electron chi connectivity index (χ4n) is 1.36. The van der Waals surface area contributed by atoms with Crippen LogP contribution in [0.5, 0.6) is 5.75 Å². The molecule has 0 spiro atoms. The lowest BCUT2D eigenvalue weighted by atomic mass is 10.0. The summed E-state index contributed by atoms with van der Waals surface area (Å²) in [5.41, 5.74) is 0.904. The van der Waals surface area contributed by atoms with Crippen LogP contribution in [0.4, 0.5) is 0 Å². The Hall–Kier alpha value is -0.770. The van der Waals surface area contributed by atoms with E-state index in [1.54, 1.807) is 18.2 Å². The van der Waals surface area contributed by atoms with Crippen LogP contribution in [0.15, 0.2) is 18.2 Å². The average Bonchev–Trinajstić information content (AvgIpc) is 2.22. The van der Waals surface area contributed by atoms with Gasteiger partial charge in [0.05, 0.1) is 0 Å². The molecule has 0 amide bonds. The minimum absolute atomic E-state index is 0.0776. The summed E-state index contributed by atoms with van der Waals surface area (Å²) in [5.74, 6) is 0.282. The average molecular weight is 257 g/mol. The fraction of sp³-hybridized carbons (Fsp3) is 0.538. The van der Waals surface area contributed by atoms with Gasteiger partial charge in [0.1, 0.15) is 5.75 Å². The predicted octanol–water partition coefficient (Wildman–Crippen LogP) is 2.48. The highest BCUT2D eigenvalue weighted by atomic mass is 35.5. The third kappa shape index (κ3) is 4.19. The molecule has 0 saturated heterocycles. The molecule has 0 aliphatic carbocycles. The molecule has 0 aliphatic heterocycles. The molecule has 17 heavy (non-hydrogen) atoms. The van der Waals surface area contributed by atoms with Gasteiger partial charge in [-0.1, -0.05) is 11.6 Å². The van der Waals surface area contributed by atoms with Crippen molar-refractivity contribution in [3.05, 3.63) is 28.8 Å². The number of hydrogen-bond acceptors (Lipinski definition) is 3. The van der Waals surface area contributed by atoms with Crippen LogP contribution >= 0.6 is 11.6 Å². The number of halogens is 1. The molecule has 0 atom stereocenters. The number of phenols is 1. The minimum atomic E-state index is 0.0776. The van der Waals surface area contributed by atoms with Crippen LogP contribution in [0, 0.1) is 0 Å². The topological polar surface area (TPSA) is 35.5 Å². The fourth-order valence-corrected chi connectivity index (χ4v) is 1.55. The largest absolute Gasteiger partial charge is 0.508 e. The Morgan fingerprint density at radius 1 is 1.35 bits per heavy atom. The Bertz CT molecular complexity index is 378. The van der Waals surface area contributed by atoms with E-state index >= 15 is 0 Å². The van der Waals surface area contributed by atoms with Crippen LogP contribution in [0.2, 0.25) is 5.02 Å². The second kappa shape index (κ2) is 5.71. The number of likely N-dealkylation sites (N-methyl/N-ethyl adjacent to an activating group) is 1. The van der Waals surface area contributed by atoms with E-state index < -0.39 is 0 Å². The van der Waals surface area contributed by atoms with E-state index in [-0.39, 0.29) is 11.3 Å². The second-order valence-corrected chi connectivity index (χ2v) is 5.52. The van der Waals surface area contributed by atoms with Gasteiger partial charge in [0, 0.05) is 29.2 Å². The van der Waals surface area contributed by atoms with Gasteiger partial charge in [0.25, 0.3) is 0 Å². The first kappa shape index (κ1) is 14.3. The molecule has 4 heteroatoms. The van der Waals surface area contributed by atoms with Gasteiger partial charge in [-0.2, -0.15) is 0 Å². The number of nitrogens with one attached hydrogen (secondary N) is 1. The molecule has 0 aliphatic rings. The molecule has 0 heterocycles. The lowest BCUT2D eigenvalue weighted by Gasteiger charge is -2.32. The molecule has 0 bridgehead atoms. The summed E-state index contributed by atoms with van der Waals surface area (Å²) in [4.78, 5) is 2.16. The van der Waals surface area contributed by atoms with Crippen molar-refractivity contribution in [3.63, 3.8) is 0 Å². The van der Waals surface area contributed by atoms with Gasteiger partial charge < -0.3 is 15.3 Å². The second-order valence-electron chi connectivity index (χ2n) is 5.08. The lowest BCUT2D eigenvalue weighted by Crippen LogP contribution is -2.46. The monoisotopic (exact) mass is 256 g/mol. The first-order valence-electron chi connectivity index (χ1n) is 5.68. The van der Waals surface area contributed by atoms with E-state index in [0.717, 1.165) is 12.1 Å². The number of rotatable bonds is 5. The zero-order valence-corrected chi connectivity index (χ0v) is 11.7. The number of aromatic hydroxyl groups is 1. The maximum atomic E-state index is 9.66. The predicted molar refractivity (Wildman–Crippen MR) is 72.6 cm³/mol. The van der Waals surface area contributed by atoms with Crippen molar-refractivity contribution in [1.29, 1.82) is 0 Å². The highest BCUT2D eigenvalue weighted by molar-refractivity contribution is 6.30. The first-order valence-corrected chi connectivity index (χ1v) is 6.06. The molecule has 1 aromatic carbocycles. The molecule has 2 N–H and O–H groups in total. The lowest BCUT2D eigenvalue weighted by molar-refractivity contribution is 0.189. The van der Waals surface area contributed by atoms with Crippen molar-refractivity contribution >= 4 is 11.6 Å². The van der Waals surface area contributed by atoms with E-state index in [1.165, 1.54) is 0 Å². The number of phenolic OH excluding ortho intramolecular Hbond substituents is 1. The molecular weight excluding hydrogens is 236 g/mol. The third-order valence-corrected chi connectivity index (χ3v) is 3.36. The molecule has 1 rings (SSSR count). The maximum Gasteiger partial charge on any atom is 0.120 e. The molecule has 0 saturated carbocycles. The summed E-state index contributed by atoms with van der Waals surface area (Å²) in [6, 6.07) is 5.09. The van der Waals surface area contributed by atoms with E-state index in [0.29, 0.717) is 11.6 Å². The van der Waals surface area contributed by atoms with E-state index in [1.807, 2.05) is 0 Å². The molecule has 0 aromatic heterocycles. The number of nitrogens with zero attached hydrogens (tertiary/aromatic N) is 1. The first-order chi connectivity index (χ1) is 7.83. The van der Waals surface area contributed by atoms with Crippen molar-refractivity contribution < 1.29 is 5.11 Å². The highest BCUT2D eigenvalue weighted by Crippen LogP contribution is 2.21. The van der Waals surface area contributed by atoms with Crippen LogP contribution < -0.4 is 5.32 Å². The van der Waals surface area contributed by atoms with Crippen molar-refractivity contribution in [1.82, 2.24) is 10.2 Å². The molecule has 96 valence electrons. The molecule has 0 radical (unpaired) electrons. The minimum Gasteiger partial charge on any atom is -0.508 e. The Morgan fingerprint density at radius 3 is 2.59 bits per heavy atom. The van der Waals surface area contributed by atoms with Crippen LogP contribution in [0.1, 0.15) is 19.4 Å². The van der Waals surface area contributed by atoms with Gasteiger partial charge in [-0.25, -0.2) is 0 Å². The summed E-state index contributed by atoms with van der Waals surface area (Å²) >= 11 is 5.89. The van der Waals surface area contributed by atoms with Gasteiger partial charge in [0.2, 0.25) is 0 Å². The number of benzene rings is 1. The summed E-state index contributed by atoms with van der Waals surface area (Å²) in [5, 5.41) is 13.6. The summed E-state index contributed by atoms with van der Waals surface area (Å²) in [7, 11) is 4.11. The Labute approximate surface area is 108 Å². The van der Waals surface area contributed by atoms with Gasteiger partial charge in [-0.15, -0.1) is 0 Å². The van der Waals surface area contributed by atoms with E-state index in [2.05, 4.69) is 38.2 Å².